The lowest BCUT2D eigenvalue weighted by molar-refractivity contribution is 0.0904. The summed E-state index contributed by atoms with van der Waals surface area (Å²) >= 11 is 1.34. The largest absolute Gasteiger partial charge is 0.394 e. The molecule has 0 saturated heterocycles. The van der Waals surface area contributed by atoms with Gasteiger partial charge in [0.25, 0.3) is 5.91 Å². The minimum atomic E-state index is -0.277. The fraction of sp³-hybridized carbons (Fsp3) is 0.429. The topological polar surface area (TPSA) is 88.0 Å². The Hall–Kier alpha value is -1.86. The summed E-state index contributed by atoms with van der Waals surface area (Å²) in [6.45, 7) is 4.01. The lowest BCUT2D eigenvalue weighted by atomic mass is 10.0. The van der Waals surface area contributed by atoms with E-state index in [1.165, 1.54) is 11.3 Å². The van der Waals surface area contributed by atoms with Crippen molar-refractivity contribution in [3.8, 4) is 10.7 Å². The summed E-state index contributed by atoms with van der Waals surface area (Å²) in [6, 6.07) is -0.251. The van der Waals surface area contributed by atoms with Gasteiger partial charge in [0, 0.05) is 17.8 Å². The zero-order valence-electron chi connectivity index (χ0n) is 12.0. The molecule has 0 aliphatic rings. The van der Waals surface area contributed by atoms with Gasteiger partial charge in [0.05, 0.1) is 18.8 Å². The SMILES string of the molecule is CC(C)CC(CO)NC(=O)c1csc(-c2cnccn2)n1. The van der Waals surface area contributed by atoms with Crippen LogP contribution in [-0.2, 0) is 0 Å². The molecule has 2 N–H and O–H groups in total. The molecule has 2 heterocycles. The van der Waals surface area contributed by atoms with Crippen molar-refractivity contribution < 1.29 is 9.90 Å². The van der Waals surface area contributed by atoms with E-state index < -0.39 is 0 Å². The number of amides is 1. The Labute approximate surface area is 127 Å². The van der Waals surface area contributed by atoms with Gasteiger partial charge in [0.15, 0.2) is 0 Å². The molecule has 1 amide bonds. The predicted octanol–water partition coefficient (Wildman–Crippen LogP) is 1.74. The van der Waals surface area contributed by atoms with E-state index in [2.05, 4.69) is 20.3 Å². The first-order valence-electron chi connectivity index (χ1n) is 6.73. The second-order valence-electron chi connectivity index (χ2n) is 5.11. The van der Waals surface area contributed by atoms with E-state index in [0.29, 0.717) is 22.3 Å². The fourth-order valence-electron chi connectivity index (χ4n) is 1.91. The number of rotatable bonds is 6. The molecule has 112 valence electrons. The van der Waals surface area contributed by atoms with Crippen molar-refractivity contribution >= 4 is 17.2 Å². The van der Waals surface area contributed by atoms with E-state index in [4.69, 9.17) is 0 Å². The number of thiazole rings is 1. The van der Waals surface area contributed by atoms with Crippen LogP contribution in [-0.4, -0.2) is 38.6 Å². The van der Waals surface area contributed by atoms with Gasteiger partial charge in [-0.05, 0) is 12.3 Å². The molecule has 0 aliphatic heterocycles. The number of aliphatic hydroxyl groups is 1. The highest BCUT2D eigenvalue weighted by Gasteiger charge is 2.17. The highest BCUT2D eigenvalue weighted by atomic mass is 32.1. The smallest absolute Gasteiger partial charge is 0.271 e. The number of carbonyl (C=O) groups is 1. The first-order valence-corrected chi connectivity index (χ1v) is 7.61. The van der Waals surface area contributed by atoms with E-state index in [-0.39, 0.29) is 18.6 Å². The average molecular weight is 306 g/mol. The maximum atomic E-state index is 12.1. The van der Waals surface area contributed by atoms with Crippen molar-refractivity contribution in [2.24, 2.45) is 5.92 Å². The lowest BCUT2D eigenvalue weighted by Gasteiger charge is -2.17. The van der Waals surface area contributed by atoms with Crippen LogP contribution < -0.4 is 5.32 Å². The molecule has 21 heavy (non-hydrogen) atoms. The minimum Gasteiger partial charge on any atom is -0.394 e. The summed E-state index contributed by atoms with van der Waals surface area (Å²) in [5.41, 5.74) is 0.977. The van der Waals surface area contributed by atoms with Crippen LogP contribution in [0.3, 0.4) is 0 Å². The summed E-state index contributed by atoms with van der Waals surface area (Å²) in [6.07, 6.45) is 5.50. The normalized spacial score (nSPS) is 12.4. The molecule has 0 fully saturated rings. The summed E-state index contributed by atoms with van der Waals surface area (Å²) in [5, 5.41) is 14.4. The molecular formula is C14H18N4O2S. The summed E-state index contributed by atoms with van der Waals surface area (Å²) in [5.74, 6) is 0.120. The Morgan fingerprint density at radius 2 is 2.24 bits per heavy atom. The first kappa shape index (κ1) is 15.5. The number of nitrogens with one attached hydrogen (secondary N) is 1. The average Bonchev–Trinajstić information content (AvgIpc) is 2.97. The van der Waals surface area contributed by atoms with E-state index in [9.17, 15) is 9.90 Å². The number of hydrogen-bond acceptors (Lipinski definition) is 6. The third-order valence-electron chi connectivity index (χ3n) is 2.83. The molecule has 0 bridgehead atoms. The molecule has 2 aromatic rings. The molecule has 2 aromatic heterocycles. The third kappa shape index (κ3) is 4.30. The maximum Gasteiger partial charge on any atom is 0.271 e. The van der Waals surface area contributed by atoms with Crippen LogP contribution in [0.2, 0.25) is 0 Å². The summed E-state index contributed by atoms with van der Waals surface area (Å²) in [4.78, 5) is 24.5. The number of nitrogens with zero attached hydrogens (tertiary/aromatic N) is 3. The van der Waals surface area contributed by atoms with E-state index in [1.807, 2.05) is 13.8 Å². The van der Waals surface area contributed by atoms with Crippen LogP contribution in [0.4, 0.5) is 0 Å². The molecular weight excluding hydrogens is 288 g/mol. The van der Waals surface area contributed by atoms with Gasteiger partial charge in [0.1, 0.15) is 16.4 Å². The third-order valence-corrected chi connectivity index (χ3v) is 3.70. The highest BCUT2D eigenvalue weighted by molar-refractivity contribution is 7.13. The van der Waals surface area contributed by atoms with Crippen molar-refractivity contribution in [2.45, 2.75) is 26.3 Å². The number of carbonyl (C=O) groups excluding carboxylic acids is 1. The van der Waals surface area contributed by atoms with Gasteiger partial charge in [-0.25, -0.2) is 4.98 Å². The van der Waals surface area contributed by atoms with Crippen molar-refractivity contribution in [3.05, 3.63) is 29.7 Å². The van der Waals surface area contributed by atoms with Gasteiger partial charge in [-0.2, -0.15) is 0 Å². The van der Waals surface area contributed by atoms with Crippen molar-refractivity contribution in [2.75, 3.05) is 6.61 Å². The second kappa shape index (κ2) is 7.24. The van der Waals surface area contributed by atoms with Crippen molar-refractivity contribution in [1.82, 2.24) is 20.3 Å². The lowest BCUT2D eigenvalue weighted by Crippen LogP contribution is -2.38. The van der Waals surface area contributed by atoms with Crippen LogP contribution in [0.25, 0.3) is 10.7 Å². The van der Waals surface area contributed by atoms with E-state index in [0.717, 1.165) is 6.42 Å². The van der Waals surface area contributed by atoms with Gasteiger partial charge in [-0.15, -0.1) is 11.3 Å². The second-order valence-corrected chi connectivity index (χ2v) is 5.97. The fourth-order valence-corrected chi connectivity index (χ4v) is 2.67. The molecule has 0 aromatic carbocycles. The molecule has 7 heteroatoms. The van der Waals surface area contributed by atoms with Crippen LogP contribution in [0.15, 0.2) is 24.0 Å². The van der Waals surface area contributed by atoms with Gasteiger partial charge in [0.2, 0.25) is 0 Å². The zero-order valence-corrected chi connectivity index (χ0v) is 12.8. The first-order chi connectivity index (χ1) is 10.1. The van der Waals surface area contributed by atoms with Crippen LogP contribution in [0, 0.1) is 5.92 Å². The van der Waals surface area contributed by atoms with Crippen LogP contribution >= 0.6 is 11.3 Å². The Bertz CT molecular complexity index is 586. The molecule has 1 atom stereocenters. The molecule has 2 rings (SSSR count). The highest BCUT2D eigenvalue weighted by Crippen LogP contribution is 2.20. The van der Waals surface area contributed by atoms with Gasteiger partial charge in [-0.3, -0.25) is 14.8 Å². The molecule has 1 unspecified atom stereocenters. The standard InChI is InChI=1S/C14H18N4O2S/c1-9(2)5-10(7-19)17-13(20)12-8-21-14(18-12)11-6-15-3-4-16-11/h3-4,6,8-10,19H,5,7H2,1-2H3,(H,17,20). The van der Waals surface area contributed by atoms with Gasteiger partial charge >= 0.3 is 0 Å². The molecule has 0 saturated carbocycles. The molecule has 6 nitrogen and oxygen atoms in total. The van der Waals surface area contributed by atoms with Crippen LogP contribution in [0.5, 0.6) is 0 Å². The predicted molar refractivity (Wildman–Crippen MR) is 80.9 cm³/mol. The molecule has 0 aliphatic carbocycles. The Balaban J connectivity index is 2.05. The summed E-state index contributed by atoms with van der Waals surface area (Å²) < 4.78 is 0. The van der Waals surface area contributed by atoms with E-state index in [1.54, 1.807) is 24.0 Å². The summed E-state index contributed by atoms with van der Waals surface area (Å²) in [7, 11) is 0. The number of aliphatic hydroxyl groups excluding tert-OH is 1. The monoisotopic (exact) mass is 306 g/mol. The van der Waals surface area contributed by atoms with Crippen molar-refractivity contribution in [1.29, 1.82) is 0 Å². The van der Waals surface area contributed by atoms with Gasteiger partial charge < -0.3 is 10.4 Å². The van der Waals surface area contributed by atoms with E-state index >= 15 is 0 Å². The van der Waals surface area contributed by atoms with Crippen molar-refractivity contribution in [3.63, 3.8) is 0 Å². The Kier molecular flexibility index (Phi) is 5.35. The van der Waals surface area contributed by atoms with Crippen LogP contribution in [0.1, 0.15) is 30.8 Å². The Morgan fingerprint density at radius 3 is 2.86 bits per heavy atom. The number of aromatic nitrogens is 3. The molecule has 0 radical (unpaired) electrons. The minimum absolute atomic E-state index is 0.0783. The molecule has 0 spiro atoms. The maximum absolute atomic E-state index is 12.1. The zero-order chi connectivity index (χ0) is 15.2. The quantitative estimate of drug-likeness (QED) is 0.848. The number of hydrogen-bond donors (Lipinski definition) is 2. The van der Waals surface area contributed by atoms with Gasteiger partial charge in [-0.1, -0.05) is 13.8 Å². The Morgan fingerprint density at radius 1 is 1.43 bits per heavy atom.